The van der Waals surface area contributed by atoms with Crippen LogP contribution in [-0.4, -0.2) is 59.6 Å². The third-order valence-electron chi connectivity index (χ3n) is 9.04. The Labute approximate surface area is 222 Å². The number of halogens is 1. The number of pyridine rings is 1. The predicted molar refractivity (Wildman–Crippen MR) is 139 cm³/mol. The molecular formula is C29H35FN4O4. The average Bonchev–Trinajstić information content (AvgIpc) is 3.43. The Kier molecular flexibility index (Phi) is 6.45. The SMILES string of the molecule is CC1CCC2(Cc3nc(OCC45CCCN4CC(F)C5)cc(OCCO)c3CO2)c2c1ccc(N)c2C#N. The van der Waals surface area contributed by atoms with Gasteiger partial charge in [0.15, 0.2) is 0 Å². The molecule has 4 atom stereocenters. The first kappa shape index (κ1) is 25.4. The number of fused-ring (bicyclic) bond motifs is 4. The van der Waals surface area contributed by atoms with E-state index in [9.17, 15) is 14.8 Å². The standard InChI is InChI=1S/C29H35FN4O4/c1-18-5-7-29(27-20(18)3-4-23(32)21(27)14-31)13-24-22(16-38-29)25(36-10-9-35)11-26(33-24)37-17-28-6-2-8-34(28)15-19(30)12-28/h3-4,11,18-19,35H,2,5-10,12-13,15-17,32H2,1H3. The zero-order chi connectivity index (χ0) is 26.5. The maximum Gasteiger partial charge on any atom is 0.217 e. The molecule has 1 aromatic carbocycles. The number of nitrogens with zero attached hydrogens (tertiary/aromatic N) is 3. The van der Waals surface area contributed by atoms with E-state index in [0.29, 0.717) is 54.8 Å². The number of hydrogen-bond donors (Lipinski definition) is 2. The Hall–Kier alpha value is -2.93. The van der Waals surface area contributed by atoms with E-state index in [1.54, 1.807) is 6.07 Å². The van der Waals surface area contributed by atoms with Crippen molar-refractivity contribution in [2.45, 2.75) is 75.3 Å². The van der Waals surface area contributed by atoms with E-state index >= 15 is 0 Å². The fourth-order valence-corrected chi connectivity index (χ4v) is 7.13. The van der Waals surface area contributed by atoms with E-state index in [1.807, 2.05) is 12.1 Å². The number of nitrogen functional groups attached to an aromatic ring is 1. The van der Waals surface area contributed by atoms with Crippen LogP contribution in [-0.2, 0) is 23.4 Å². The number of nitriles is 1. The van der Waals surface area contributed by atoms with Gasteiger partial charge in [-0.05, 0) is 49.8 Å². The second-order valence-electron chi connectivity index (χ2n) is 11.3. The fraction of sp³-hybridized carbons (Fsp3) is 0.586. The van der Waals surface area contributed by atoms with Crippen LogP contribution in [0.5, 0.6) is 11.6 Å². The van der Waals surface area contributed by atoms with Gasteiger partial charge in [-0.15, -0.1) is 0 Å². The third kappa shape index (κ3) is 4.10. The van der Waals surface area contributed by atoms with Gasteiger partial charge in [-0.3, -0.25) is 4.90 Å². The van der Waals surface area contributed by atoms with Crippen molar-refractivity contribution in [1.82, 2.24) is 9.88 Å². The molecule has 0 bridgehead atoms. The number of aromatic nitrogens is 1. The normalized spacial score (nSPS) is 29.9. The van der Waals surface area contributed by atoms with E-state index in [1.165, 1.54) is 0 Å². The summed E-state index contributed by atoms with van der Waals surface area (Å²) in [6, 6.07) is 7.91. The summed E-state index contributed by atoms with van der Waals surface area (Å²) in [5.74, 6) is 1.29. The molecule has 1 spiro atoms. The van der Waals surface area contributed by atoms with Crippen LogP contribution in [0.4, 0.5) is 10.1 Å². The highest BCUT2D eigenvalue weighted by Gasteiger charge is 2.50. The topological polar surface area (TPSA) is 114 Å². The third-order valence-corrected chi connectivity index (χ3v) is 9.04. The van der Waals surface area contributed by atoms with Gasteiger partial charge in [0.1, 0.15) is 36.8 Å². The van der Waals surface area contributed by atoms with Crippen LogP contribution < -0.4 is 15.2 Å². The van der Waals surface area contributed by atoms with Crippen molar-refractivity contribution < 1.29 is 23.7 Å². The summed E-state index contributed by atoms with van der Waals surface area (Å²) in [6.07, 6.45) is 3.73. The van der Waals surface area contributed by atoms with Gasteiger partial charge in [-0.25, -0.2) is 9.37 Å². The lowest BCUT2D eigenvalue weighted by Gasteiger charge is -2.44. The molecule has 2 saturated heterocycles. The van der Waals surface area contributed by atoms with Gasteiger partial charge >= 0.3 is 0 Å². The molecule has 1 aliphatic carbocycles. The highest BCUT2D eigenvalue weighted by molar-refractivity contribution is 5.64. The smallest absolute Gasteiger partial charge is 0.217 e. The van der Waals surface area contributed by atoms with E-state index in [2.05, 4.69) is 17.9 Å². The Balaban J connectivity index is 1.36. The molecule has 0 amide bonds. The number of anilines is 1. The lowest BCUT2D eigenvalue weighted by molar-refractivity contribution is -0.0881. The van der Waals surface area contributed by atoms with Crippen molar-refractivity contribution in [2.75, 3.05) is 38.6 Å². The van der Waals surface area contributed by atoms with Crippen LogP contribution in [0.15, 0.2) is 18.2 Å². The highest BCUT2D eigenvalue weighted by Crippen LogP contribution is 2.51. The molecule has 4 unspecified atom stereocenters. The average molecular weight is 523 g/mol. The van der Waals surface area contributed by atoms with Crippen LogP contribution in [0.1, 0.15) is 72.9 Å². The lowest BCUT2D eigenvalue weighted by atomic mass is 9.69. The zero-order valence-corrected chi connectivity index (χ0v) is 21.8. The largest absolute Gasteiger partial charge is 0.491 e. The molecule has 2 fully saturated rings. The van der Waals surface area contributed by atoms with E-state index in [-0.39, 0.29) is 25.4 Å². The molecular weight excluding hydrogens is 487 g/mol. The van der Waals surface area contributed by atoms with Crippen molar-refractivity contribution >= 4 is 5.69 Å². The molecule has 8 nitrogen and oxygen atoms in total. The molecule has 9 heteroatoms. The van der Waals surface area contributed by atoms with Crippen molar-refractivity contribution in [3.8, 4) is 17.7 Å². The summed E-state index contributed by atoms with van der Waals surface area (Å²) >= 11 is 0. The summed E-state index contributed by atoms with van der Waals surface area (Å²) < 4.78 is 33.1. The molecule has 4 aliphatic rings. The Morgan fingerprint density at radius 1 is 1.34 bits per heavy atom. The molecule has 4 heterocycles. The number of alkyl halides is 1. The molecule has 0 saturated carbocycles. The molecule has 38 heavy (non-hydrogen) atoms. The minimum absolute atomic E-state index is 0.121. The maximum atomic E-state index is 14.3. The number of aliphatic hydroxyl groups is 1. The first-order valence-electron chi connectivity index (χ1n) is 13.6. The van der Waals surface area contributed by atoms with Gasteiger partial charge in [0.25, 0.3) is 0 Å². The fourth-order valence-electron chi connectivity index (χ4n) is 7.13. The first-order chi connectivity index (χ1) is 18.4. The Bertz CT molecular complexity index is 1280. The lowest BCUT2D eigenvalue weighted by Crippen LogP contribution is -2.43. The van der Waals surface area contributed by atoms with Crippen LogP contribution in [0, 0.1) is 11.3 Å². The first-order valence-corrected chi connectivity index (χ1v) is 13.6. The second-order valence-corrected chi connectivity index (χ2v) is 11.3. The number of nitrogens with two attached hydrogens (primary N) is 1. The zero-order valence-electron chi connectivity index (χ0n) is 21.8. The predicted octanol–water partition coefficient (Wildman–Crippen LogP) is 3.73. The van der Waals surface area contributed by atoms with Gasteiger partial charge in [-0.1, -0.05) is 13.0 Å². The van der Waals surface area contributed by atoms with Crippen molar-refractivity contribution in [3.63, 3.8) is 0 Å². The van der Waals surface area contributed by atoms with Crippen LogP contribution in [0.3, 0.4) is 0 Å². The number of aliphatic hydroxyl groups excluding tert-OH is 1. The van der Waals surface area contributed by atoms with Gasteiger partial charge in [0.05, 0.1) is 30.0 Å². The monoisotopic (exact) mass is 522 g/mol. The van der Waals surface area contributed by atoms with Gasteiger partial charge < -0.3 is 25.1 Å². The molecule has 3 N–H and O–H groups in total. The molecule has 6 rings (SSSR count). The van der Waals surface area contributed by atoms with Gasteiger partial charge in [0, 0.05) is 42.3 Å². The summed E-state index contributed by atoms with van der Waals surface area (Å²) in [4.78, 5) is 7.14. The second kappa shape index (κ2) is 9.67. The minimum Gasteiger partial charge on any atom is -0.491 e. The Morgan fingerprint density at radius 3 is 3.03 bits per heavy atom. The number of benzene rings is 1. The summed E-state index contributed by atoms with van der Waals surface area (Å²) in [5.41, 5.74) is 9.76. The van der Waals surface area contributed by atoms with Gasteiger partial charge in [-0.2, -0.15) is 5.26 Å². The summed E-state index contributed by atoms with van der Waals surface area (Å²) in [5, 5.41) is 19.4. The van der Waals surface area contributed by atoms with Crippen molar-refractivity contribution in [3.05, 3.63) is 46.1 Å². The number of hydrogen-bond acceptors (Lipinski definition) is 8. The molecule has 3 aliphatic heterocycles. The summed E-state index contributed by atoms with van der Waals surface area (Å²) in [7, 11) is 0. The molecule has 1 aromatic heterocycles. The highest BCUT2D eigenvalue weighted by atomic mass is 19.1. The van der Waals surface area contributed by atoms with Crippen molar-refractivity contribution in [2.24, 2.45) is 0 Å². The molecule has 202 valence electrons. The van der Waals surface area contributed by atoms with Gasteiger partial charge in [0.2, 0.25) is 5.88 Å². The minimum atomic E-state index is -0.827. The van der Waals surface area contributed by atoms with Crippen molar-refractivity contribution in [1.29, 1.82) is 5.26 Å². The van der Waals surface area contributed by atoms with Crippen LogP contribution in [0.2, 0.25) is 0 Å². The summed E-state index contributed by atoms with van der Waals surface area (Å²) in [6.45, 7) is 4.18. The quantitative estimate of drug-likeness (QED) is 0.552. The van der Waals surface area contributed by atoms with E-state index in [4.69, 9.17) is 24.9 Å². The van der Waals surface area contributed by atoms with E-state index in [0.717, 1.165) is 54.6 Å². The van der Waals surface area contributed by atoms with E-state index < -0.39 is 11.8 Å². The van der Waals surface area contributed by atoms with Crippen LogP contribution >= 0.6 is 0 Å². The Morgan fingerprint density at radius 2 is 2.21 bits per heavy atom. The number of ether oxygens (including phenoxy) is 3. The molecule has 0 radical (unpaired) electrons. The molecule has 2 aromatic rings. The van der Waals surface area contributed by atoms with Crippen LogP contribution in [0.25, 0.3) is 0 Å². The number of rotatable bonds is 6. The maximum absolute atomic E-state index is 14.3.